The predicted octanol–water partition coefficient (Wildman–Crippen LogP) is -0.161. The van der Waals surface area contributed by atoms with E-state index in [-0.39, 0.29) is 26.1 Å². The maximum absolute atomic E-state index is 12.1. The highest BCUT2D eigenvalue weighted by atomic mass is 16.6. The lowest BCUT2D eigenvalue weighted by molar-refractivity contribution is -0.140. The summed E-state index contributed by atoms with van der Waals surface area (Å²) in [7, 11) is 0. The van der Waals surface area contributed by atoms with Gasteiger partial charge in [0.1, 0.15) is 18.7 Å². The highest BCUT2D eigenvalue weighted by Gasteiger charge is 2.23. The summed E-state index contributed by atoms with van der Waals surface area (Å²) >= 11 is 0. The molecular formula is C15H21N3O6. The number of aliphatic carboxylic acids is 2. The number of ether oxygens (including phenoxy) is 1. The summed E-state index contributed by atoms with van der Waals surface area (Å²) in [4.78, 5) is 34.8. The van der Waals surface area contributed by atoms with Gasteiger partial charge in [-0.1, -0.05) is 30.3 Å². The lowest BCUT2D eigenvalue weighted by Crippen LogP contribution is -2.47. The van der Waals surface area contributed by atoms with E-state index < -0.39 is 30.1 Å². The van der Waals surface area contributed by atoms with E-state index >= 15 is 0 Å². The predicted molar refractivity (Wildman–Crippen MR) is 84.0 cm³/mol. The molecule has 0 radical (unpaired) electrons. The summed E-state index contributed by atoms with van der Waals surface area (Å²) in [6, 6.07) is 6.43. The van der Waals surface area contributed by atoms with Crippen molar-refractivity contribution in [2.75, 3.05) is 13.1 Å². The Balaban J connectivity index is 2.65. The molecule has 0 bridgehead atoms. The van der Waals surface area contributed by atoms with Crippen LogP contribution in [-0.4, -0.2) is 58.3 Å². The molecule has 0 saturated carbocycles. The van der Waals surface area contributed by atoms with E-state index in [4.69, 9.17) is 26.4 Å². The van der Waals surface area contributed by atoms with E-state index in [1.807, 2.05) is 6.07 Å². The standard InChI is InChI=1S/C15H21N3O6/c16-11(13(19)20)6-7-18(8-12(17)14(21)22)15(23)24-9-10-4-2-1-3-5-10/h1-5,11-12H,6-9,16-17H2,(H,19,20)(H,21,22). The molecule has 24 heavy (non-hydrogen) atoms. The second-order valence-electron chi connectivity index (χ2n) is 5.16. The van der Waals surface area contributed by atoms with Crippen molar-refractivity contribution in [3.63, 3.8) is 0 Å². The smallest absolute Gasteiger partial charge is 0.410 e. The van der Waals surface area contributed by atoms with Crippen molar-refractivity contribution >= 4 is 18.0 Å². The van der Waals surface area contributed by atoms with Gasteiger partial charge in [0.05, 0.1) is 0 Å². The third kappa shape index (κ3) is 6.63. The summed E-state index contributed by atoms with van der Waals surface area (Å²) in [5.41, 5.74) is 11.6. The third-order valence-electron chi connectivity index (χ3n) is 3.22. The van der Waals surface area contributed by atoms with Crippen molar-refractivity contribution in [3.05, 3.63) is 35.9 Å². The van der Waals surface area contributed by atoms with Crippen LogP contribution in [0, 0.1) is 0 Å². The number of rotatable bonds is 9. The van der Waals surface area contributed by atoms with Gasteiger partial charge in [-0.2, -0.15) is 0 Å². The number of carboxylic acids is 2. The summed E-state index contributed by atoms with van der Waals surface area (Å²) in [5, 5.41) is 17.6. The first-order chi connectivity index (χ1) is 11.3. The number of amides is 1. The number of nitrogens with zero attached hydrogens (tertiary/aromatic N) is 1. The Hall–Kier alpha value is -2.65. The first-order valence-corrected chi connectivity index (χ1v) is 7.23. The van der Waals surface area contributed by atoms with E-state index in [1.54, 1.807) is 24.3 Å². The van der Waals surface area contributed by atoms with Crippen LogP contribution in [0.15, 0.2) is 30.3 Å². The maximum atomic E-state index is 12.1. The van der Waals surface area contributed by atoms with Gasteiger partial charge in [-0.3, -0.25) is 9.59 Å². The SMILES string of the molecule is NC(CCN(CC(N)C(=O)O)C(=O)OCc1ccccc1)C(=O)O. The van der Waals surface area contributed by atoms with E-state index in [0.29, 0.717) is 0 Å². The molecule has 0 aliphatic carbocycles. The molecule has 0 fully saturated rings. The largest absolute Gasteiger partial charge is 0.480 e. The monoisotopic (exact) mass is 339 g/mol. The zero-order valence-corrected chi connectivity index (χ0v) is 13.0. The van der Waals surface area contributed by atoms with Crippen molar-refractivity contribution in [1.82, 2.24) is 4.90 Å². The Labute approximate surface area is 138 Å². The van der Waals surface area contributed by atoms with Gasteiger partial charge in [0.15, 0.2) is 0 Å². The molecule has 0 saturated heterocycles. The van der Waals surface area contributed by atoms with Gasteiger partial charge in [-0.15, -0.1) is 0 Å². The lowest BCUT2D eigenvalue weighted by atomic mass is 10.2. The van der Waals surface area contributed by atoms with Crippen LogP contribution in [0.25, 0.3) is 0 Å². The Morgan fingerprint density at radius 1 is 1.04 bits per heavy atom. The molecule has 1 amide bonds. The molecule has 9 heteroatoms. The zero-order valence-electron chi connectivity index (χ0n) is 13.0. The molecule has 0 spiro atoms. The van der Waals surface area contributed by atoms with E-state index in [9.17, 15) is 14.4 Å². The molecule has 0 aliphatic rings. The maximum Gasteiger partial charge on any atom is 0.410 e. The molecule has 0 aromatic heterocycles. The minimum absolute atomic E-state index is 0.00344. The minimum Gasteiger partial charge on any atom is -0.480 e. The quantitative estimate of drug-likeness (QED) is 0.483. The fourth-order valence-electron chi connectivity index (χ4n) is 1.80. The average Bonchev–Trinajstić information content (AvgIpc) is 2.56. The van der Waals surface area contributed by atoms with Gasteiger partial charge in [0, 0.05) is 13.1 Å². The summed E-state index contributed by atoms with van der Waals surface area (Å²) < 4.78 is 5.11. The Morgan fingerprint density at radius 3 is 2.17 bits per heavy atom. The van der Waals surface area contributed by atoms with Crippen molar-refractivity contribution in [3.8, 4) is 0 Å². The molecule has 0 aliphatic heterocycles. The molecule has 1 aromatic carbocycles. The first-order valence-electron chi connectivity index (χ1n) is 7.23. The van der Waals surface area contributed by atoms with Crippen LogP contribution in [-0.2, 0) is 20.9 Å². The van der Waals surface area contributed by atoms with Crippen molar-refractivity contribution in [2.45, 2.75) is 25.1 Å². The second kappa shape index (κ2) is 9.48. The molecule has 132 valence electrons. The van der Waals surface area contributed by atoms with E-state index in [0.717, 1.165) is 10.5 Å². The molecular weight excluding hydrogens is 318 g/mol. The fourth-order valence-corrected chi connectivity index (χ4v) is 1.80. The van der Waals surface area contributed by atoms with Crippen LogP contribution in [0.3, 0.4) is 0 Å². The van der Waals surface area contributed by atoms with Gasteiger partial charge < -0.3 is 31.3 Å². The van der Waals surface area contributed by atoms with Gasteiger partial charge in [-0.25, -0.2) is 4.79 Å². The normalized spacial score (nSPS) is 12.9. The van der Waals surface area contributed by atoms with Crippen LogP contribution < -0.4 is 11.5 Å². The molecule has 0 heterocycles. The van der Waals surface area contributed by atoms with Gasteiger partial charge >= 0.3 is 18.0 Å². The molecule has 1 aromatic rings. The number of benzene rings is 1. The molecule has 2 atom stereocenters. The third-order valence-corrected chi connectivity index (χ3v) is 3.22. The number of carboxylic acid groups (broad SMARTS) is 2. The molecule has 6 N–H and O–H groups in total. The number of nitrogens with two attached hydrogens (primary N) is 2. The molecule has 9 nitrogen and oxygen atoms in total. The Kier molecular flexibility index (Phi) is 7.66. The number of hydrogen-bond acceptors (Lipinski definition) is 6. The van der Waals surface area contributed by atoms with Crippen molar-refractivity contribution < 1.29 is 29.3 Å². The van der Waals surface area contributed by atoms with Crippen LogP contribution in [0.1, 0.15) is 12.0 Å². The van der Waals surface area contributed by atoms with Gasteiger partial charge in [-0.05, 0) is 12.0 Å². The Bertz CT molecular complexity index is 566. The number of carbonyl (C=O) groups excluding carboxylic acids is 1. The fraction of sp³-hybridized carbons (Fsp3) is 0.400. The lowest BCUT2D eigenvalue weighted by Gasteiger charge is -2.24. The first kappa shape index (κ1) is 19.4. The summed E-state index contributed by atoms with van der Waals surface area (Å²) in [6.45, 7) is -0.388. The molecule has 2 unspecified atom stereocenters. The van der Waals surface area contributed by atoms with E-state index in [1.165, 1.54) is 0 Å². The summed E-state index contributed by atoms with van der Waals surface area (Å²) in [6.07, 6.45) is -0.838. The average molecular weight is 339 g/mol. The van der Waals surface area contributed by atoms with Crippen LogP contribution in [0.5, 0.6) is 0 Å². The Morgan fingerprint density at radius 2 is 1.62 bits per heavy atom. The molecule has 1 rings (SSSR count). The van der Waals surface area contributed by atoms with Gasteiger partial charge in [0.2, 0.25) is 0 Å². The van der Waals surface area contributed by atoms with Crippen molar-refractivity contribution in [2.24, 2.45) is 11.5 Å². The van der Waals surface area contributed by atoms with Crippen molar-refractivity contribution in [1.29, 1.82) is 0 Å². The highest BCUT2D eigenvalue weighted by molar-refractivity contribution is 5.75. The van der Waals surface area contributed by atoms with E-state index in [2.05, 4.69) is 0 Å². The highest BCUT2D eigenvalue weighted by Crippen LogP contribution is 2.05. The topological polar surface area (TPSA) is 156 Å². The second-order valence-corrected chi connectivity index (χ2v) is 5.16. The summed E-state index contributed by atoms with van der Waals surface area (Å²) in [5.74, 6) is -2.49. The minimum atomic E-state index is -1.31. The zero-order chi connectivity index (χ0) is 18.1. The number of carbonyl (C=O) groups is 3. The number of hydrogen-bond donors (Lipinski definition) is 4. The van der Waals surface area contributed by atoms with Crippen LogP contribution in [0.4, 0.5) is 4.79 Å². The van der Waals surface area contributed by atoms with Crippen LogP contribution in [0.2, 0.25) is 0 Å². The van der Waals surface area contributed by atoms with Crippen LogP contribution >= 0.6 is 0 Å². The van der Waals surface area contributed by atoms with Gasteiger partial charge in [0.25, 0.3) is 0 Å².